The molecule has 0 atom stereocenters. The zero-order valence-corrected chi connectivity index (χ0v) is 12.2. The summed E-state index contributed by atoms with van der Waals surface area (Å²) in [6.07, 6.45) is 1.72. The van der Waals surface area contributed by atoms with E-state index in [1.165, 1.54) is 4.57 Å². The molecule has 1 aromatic carbocycles. The van der Waals surface area contributed by atoms with Crippen molar-refractivity contribution in [1.82, 2.24) is 9.88 Å². The molecule has 0 radical (unpaired) electrons. The normalized spacial score (nSPS) is 11.2. The lowest BCUT2D eigenvalue weighted by atomic mass is 10.2. The first-order valence-corrected chi connectivity index (χ1v) is 7.01. The molecule has 1 aromatic heterocycles. The molecule has 5 nitrogen and oxygen atoms in total. The van der Waals surface area contributed by atoms with E-state index in [1.807, 2.05) is 13.8 Å². The minimum atomic E-state index is -0.554. The molecule has 1 heterocycles. The number of oxazole rings is 1. The molecule has 20 heavy (non-hydrogen) atoms. The Hall–Kier alpha value is -1.75. The zero-order chi connectivity index (χ0) is 14.7. The fourth-order valence-electron chi connectivity index (χ4n) is 2.10. The van der Waals surface area contributed by atoms with Gasteiger partial charge in [-0.3, -0.25) is 9.36 Å². The highest BCUT2D eigenvalue weighted by Gasteiger charge is 2.14. The van der Waals surface area contributed by atoms with Crippen molar-refractivity contribution >= 4 is 28.6 Å². The van der Waals surface area contributed by atoms with E-state index in [9.17, 15) is 9.59 Å². The van der Waals surface area contributed by atoms with Gasteiger partial charge < -0.3 is 9.73 Å². The van der Waals surface area contributed by atoms with Crippen LogP contribution in [0.1, 0.15) is 26.7 Å². The van der Waals surface area contributed by atoms with Gasteiger partial charge in [0.1, 0.15) is 6.54 Å². The number of hydrogen-bond acceptors (Lipinski definition) is 3. The van der Waals surface area contributed by atoms with Crippen LogP contribution < -0.4 is 11.1 Å². The topological polar surface area (TPSA) is 64.2 Å². The standard InChI is InChI=1S/C14H17ClN2O3/c1-3-10(4-2)16-13(18)8-17-11-6-5-9(15)7-12(11)20-14(17)19/h5-7,10H,3-4,8H2,1-2H3,(H,16,18). The molecular weight excluding hydrogens is 280 g/mol. The Balaban J connectivity index is 2.23. The fraction of sp³-hybridized carbons (Fsp3) is 0.429. The van der Waals surface area contributed by atoms with E-state index in [-0.39, 0.29) is 18.5 Å². The van der Waals surface area contributed by atoms with Crippen LogP contribution in [0.2, 0.25) is 5.02 Å². The van der Waals surface area contributed by atoms with Gasteiger partial charge in [-0.15, -0.1) is 0 Å². The van der Waals surface area contributed by atoms with Crippen LogP contribution in [0.3, 0.4) is 0 Å². The molecule has 0 unspecified atom stereocenters. The number of carbonyl (C=O) groups is 1. The van der Waals surface area contributed by atoms with Gasteiger partial charge in [0.25, 0.3) is 0 Å². The average molecular weight is 297 g/mol. The zero-order valence-electron chi connectivity index (χ0n) is 11.5. The van der Waals surface area contributed by atoms with E-state index in [0.29, 0.717) is 16.1 Å². The Morgan fingerprint density at radius 3 is 2.75 bits per heavy atom. The van der Waals surface area contributed by atoms with Gasteiger partial charge in [-0.1, -0.05) is 25.4 Å². The van der Waals surface area contributed by atoms with E-state index in [4.69, 9.17) is 16.0 Å². The summed E-state index contributed by atoms with van der Waals surface area (Å²) in [6.45, 7) is 3.97. The summed E-state index contributed by atoms with van der Waals surface area (Å²) in [5, 5.41) is 3.38. The number of amides is 1. The van der Waals surface area contributed by atoms with E-state index in [2.05, 4.69) is 5.32 Å². The average Bonchev–Trinajstić information content (AvgIpc) is 2.71. The number of carbonyl (C=O) groups excluding carboxylic acids is 1. The molecule has 2 aromatic rings. The highest BCUT2D eigenvalue weighted by atomic mass is 35.5. The molecule has 1 N–H and O–H groups in total. The molecule has 0 aliphatic rings. The molecule has 2 rings (SSSR count). The molecule has 0 spiro atoms. The highest BCUT2D eigenvalue weighted by molar-refractivity contribution is 6.31. The minimum absolute atomic E-state index is 0.0516. The molecule has 108 valence electrons. The monoisotopic (exact) mass is 296 g/mol. The lowest BCUT2D eigenvalue weighted by Gasteiger charge is -2.14. The maximum Gasteiger partial charge on any atom is 0.420 e. The minimum Gasteiger partial charge on any atom is -0.408 e. The maximum atomic E-state index is 12.0. The molecule has 0 bridgehead atoms. The number of benzene rings is 1. The first-order chi connectivity index (χ1) is 9.55. The number of nitrogens with one attached hydrogen (secondary N) is 1. The van der Waals surface area contributed by atoms with Crippen molar-refractivity contribution in [2.75, 3.05) is 0 Å². The largest absolute Gasteiger partial charge is 0.420 e. The fourth-order valence-corrected chi connectivity index (χ4v) is 2.26. The van der Waals surface area contributed by atoms with E-state index in [1.54, 1.807) is 18.2 Å². The van der Waals surface area contributed by atoms with Crippen molar-refractivity contribution in [3.63, 3.8) is 0 Å². The van der Waals surface area contributed by atoms with Crippen LogP contribution in [0.4, 0.5) is 0 Å². The lowest BCUT2D eigenvalue weighted by Crippen LogP contribution is -2.37. The molecule has 6 heteroatoms. The van der Waals surface area contributed by atoms with Crippen molar-refractivity contribution < 1.29 is 9.21 Å². The Kier molecular flexibility index (Phi) is 4.49. The van der Waals surface area contributed by atoms with Gasteiger partial charge in [-0.2, -0.15) is 0 Å². The second-order valence-corrected chi connectivity index (χ2v) is 5.08. The van der Waals surface area contributed by atoms with E-state index < -0.39 is 5.76 Å². The highest BCUT2D eigenvalue weighted by Crippen LogP contribution is 2.18. The predicted molar refractivity (Wildman–Crippen MR) is 78.0 cm³/mol. The van der Waals surface area contributed by atoms with Crippen molar-refractivity contribution in [2.45, 2.75) is 39.3 Å². The summed E-state index contributed by atoms with van der Waals surface area (Å²) >= 11 is 5.84. The van der Waals surface area contributed by atoms with Crippen LogP contribution in [0.5, 0.6) is 0 Å². The van der Waals surface area contributed by atoms with Gasteiger partial charge in [-0.25, -0.2) is 4.79 Å². The number of halogens is 1. The SMILES string of the molecule is CCC(CC)NC(=O)Cn1c(=O)oc2cc(Cl)ccc21. The first kappa shape index (κ1) is 14.7. The van der Waals surface area contributed by atoms with Crippen molar-refractivity contribution in [3.8, 4) is 0 Å². The number of fused-ring (bicyclic) bond motifs is 1. The number of aromatic nitrogens is 1. The van der Waals surface area contributed by atoms with Gasteiger partial charge >= 0.3 is 5.76 Å². The first-order valence-electron chi connectivity index (χ1n) is 6.63. The van der Waals surface area contributed by atoms with Crippen LogP contribution in [-0.2, 0) is 11.3 Å². The third-order valence-corrected chi connectivity index (χ3v) is 3.52. The Bertz CT molecular complexity index is 671. The second kappa shape index (κ2) is 6.13. The van der Waals surface area contributed by atoms with Gasteiger partial charge in [0.05, 0.1) is 5.52 Å². The van der Waals surface area contributed by atoms with Crippen LogP contribution in [0.15, 0.2) is 27.4 Å². The predicted octanol–water partition coefficient (Wildman–Crippen LogP) is 2.55. The van der Waals surface area contributed by atoms with Crippen LogP contribution >= 0.6 is 11.6 Å². The molecule has 0 saturated carbocycles. The van der Waals surface area contributed by atoms with Crippen LogP contribution in [-0.4, -0.2) is 16.5 Å². The third-order valence-electron chi connectivity index (χ3n) is 3.28. The molecule has 0 aliphatic heterocycles. The second-order valence-electron chi connectivity index (χ2n) is 4.65. The van der Waals surface area contributed by atoms with Crippen molar-refractivity contribution in [2.24, 2.45) is 0 Å². The summed E-state index contributed by atoms with van der Waals surface area (Å²) in [7, 11) is 0. The molecule has 1 amide bonds. The molecular formula is C14H17ClN2O3. The van der Waals surface area contributed by atoms with E-state index in [0.717, 1.165) is 12.8 Å². The van der Waals surface area contributed by atoms with E-state index >= 15 is 0 Å². The smallest absolute Gasteiger partial charge is 0.408 e. The Morgan fingerprint density at radius 1 is 1.40 bits per heavy atom. The number of hydrogen-bond donors (Lipinski definition) is 1. The number of rotatable bonds is 5. The summed E-state index contributed by atoms with van der Waals surface area (Å²) in [5.74, 6) is -0.750. The van der Waals surface area contributed by atoms with Gasteiger partial charge in [0.2, 0.25) is 5.91 Å². The summed E-state index contributed by atoms with van der Waals surface area (Å²) < 4.78 is 6.39. The van der Waals surface area contributed by atoms with Crippen molar-refractivity contribution in [3.05, 3.63) is 33.8 Å². The lowest BCUT2D eigenvalue weighted by molar-refractivity contribution is -0.122. The summed E-state index contributed by atoms with van der Waals surface area (Å²) in [5.41, 5.74) is 0.955. The van der Waals surface area contributed by atoms with Gasteiger partial charge in [0, 0.05) is 17.1 Å². The van der Waals surface area contributed by atoms with Crippen molar-refractivity contribution in [1.29, 1.82) is 0 Å². The Morgan fingerprint density at radius 2 is 2.10 bits per heavy atom. The van der Waals surface area contributed by atoms with Crippen LogP contribution in [0, 0.1) is 0 Å². The molecule has 0 aliphatic carbocycles. The molecule has 0 saturated heterocycles. The third kappa shape index (κ3) is 3.04. The Labute approximate surface area is 121 Å². The summed E-state index contributed by atoms with van der Waals surface area (Å²) in [4.78, 5) is 23.7. The van der Waals surface area contributed by atoms with Gasteiger partial charge in [-0.05, 0) is 25.0 Å². The quantitative estimate of drug-likeness (QED) is 0.922. The van der Waals surface area contributed by atoms with Gasteiger partial charge in [0.15, 0.2) is 5.58 Å². The summed E-state index contributed by atoms with van der Waals surface area (Å²) in [6, 6.07) is 5.03. The maximum absolute atomic E-state index is 12.0. The number of nitrogens with zero attached hydrogens (tertiary/aromatic N) is 1. The van der Waals surface area contributed by atoms with Crippen LogP contribution in [0.25, 0.3) is 11.1 Å². The molecule has 0 fully saturated rings.